The van der Waals surface area contributed by atoms with Crippen LogP contribution >= 0.6 is 0 Å². The first-order chi connectivity index (χ1) is 9.02. The summed E-state index contributed by atoms with van der Waals surface area (Å²) in [4.78, 5) is 4.56. The van der Waals surface area contributed by atoms with Crippen molar-refractivity contribution in [2.75, 3.05) is 11.5 Å². The lowest BCUT2D eigenvalue weighted by atomic mass is 10.00. The number of hydrogen-bond donors (Lipinski definition) is 0. The lowest BCUT2D eigenvalue weighted by molar-refractivity contribution is 0.480. The lowest BCUT2D eigenvalue weighted by Gasteiger charge is -2.20. The molecule has 5 heteroatoms. The Balaban J connectivity index is 1.81. The number of pyridine rings is 1. The molecular formula is C14H18N2O2S. The third kappa shape index (κ3) is 2.81. The second kappa shape index (κ2) is 4.63. The van der Waals surface area contributed by atoms with Gasteiger partial charge in [-0.1, -0.05) is 6.07 Å². The molecule has 0 bridgehead atoms. The maximum Gasteiger partial charge on any atom is 0.150 e. The van der Waals surface area contributed by atoms with E-state index in [1.807, 2.05) is 35.9 Å². The molecule has 1 saturated heterocycles. The van der Waals surface area contributed by atoms with Gasteiger partial charge in [-0.05, 0) is 43.7 Å². The van der Waals surface area contributed by atoms with Crippen LogP contribution in [0.15, 0.2) is 24.5 Å². The van der Waals surface area contributed by atoms with Crippen molar-refractivity contribution in [3.63, 3.8) is 0 Å². The van der Waals surface area contributed by atoms with Gasteiger partial charge in [0.1, 0.15) is 5.65 Å². The average molecular weight is 278 g/mol. The molecular weight excluding hydrogens is 260 g/mol. The van der Waals surface area contributed by atoms with E-state index in [-0.39, 0.29) is 5.92 Å². The van der Waals surface area contributed by atoms with Gasteiger partial charge < -0.3 is 4.40 Å². The first kappa shape index (κ1) is 12.7. The van der Waals surface area contributed by atoms with E-state index in [4.69, 9.17) is 0 Å². The predicted octanol–water partition coefficient (Wildman–Crippen LogP) is 2.01. The Kier molecular flexibility index (Phi) is 3.09. The monoisotopic (exact) mass is 278 g/mol. The number of rotatable bonds is 2. The first-order valence-electron chi connectivity index (χ1n) is 6.66. The molecule has 0 N–H and O–H groups in total. The molecule has 3 heterocycles. The van der Waals surface area contributed by atoms with E-state index < -0.39 is 9.84 Å². The summed E-state index contributed by atoms with van der Waals surface area (Å²) < 4.78 is 25.3. The molecule has 0 aromatic carbocycles. The predicted molar refractivity (Wildman–Crippen MR) is 75.0 cm³/mol. The van der Waals surface area contributed by atoms with Gasteiger partial charge in [-0.25, -0.2) is 13.4 Å². The van der Waals surface area contributed by atoms with Crippen LogP contribution in [-0.4, -0.2) is 29.3 Å². The zero-order chi connectivity index (χ0) is 13.5. The number of aryl methyl sites for hydroxylation is 1. The van der Waals surface area contributed by atoms with Crippen LogP contribution in [0.2, 0.25) is 0 Å². The minimum Gasteiger partial charge on any atom is -0.307 e. The molecule has 2 aromatic rings. The minimum atomic E-state index is -2.82. The van der Waals surface area contributed by atoms with E-state index in [2.05, 4.69) is 4.98 Å². The standard InChI is InChI=1S/C14H18N2O2S/c1-11-4-5-14-15-13(9-16(14)8-11)7-12-3-2-6-19(17,18)10-12/h4-5,8-9,12H,2-3,6-7,10H2,1H3. The van der Waals surface area contributed by atoms with Crippen molar-refractivity contribution in [2.24, 2.45) is 5.92 Å². The summed E-state index contributed by atoms with van der Waals surface area (Å²) in [5.41, 5.74) is 3.11. The number of imidazole rings is 1. The van der Waals surface area contributed by atoms with Crippen molar-refractivity contribution >= 4 is 15.5 Å². The maximum absolute atomic E-state index is 11.6. The summed E-state index contributed by atoms with van der Waals surface area (Å²) in [5.74, 6) is 0.901. The van der Waals surface area contributed by atoms with Crippen molar-refractivity contribution in [1.29, 1.82) is 0 Å². The number of sulfone groups is 1. The van der Waals surface area contributed by atoms with Crippen molar-refractivity contribution in [3.8, 4) is 0 Å². The molecule has 1 aliphatic heterocycles. The Hall–Kier alpha value is -1.36. The number of hydrogen-bond acceptors (Lipinski definition) is 3. The first-order valence-corrected chi connectivity index (χ1v) is 8.49. The molecule has 0 spiro atoms. The summed E-state index contributed by atoms with van der Waals surface area (Å²) in [6, 6.07) is 4.04. The molecule has 0 saturated carbocycles. The van der Waals surface area contributed by atoms with E-state index in [0.717, 1.165) is 30.6 Å². The highest BCUT2D eigenvalue weighted by Crippen LogP contribution is 2.22. The molecule has 0 amide bonds. The van der Waals surface area contributed by atoms with Crippen LogP contribution in [0.3, 0.4) is 0 Å². The van der Waals surface area contributed by atoms with Gasteiger partial charge in [0.15, 0.2) is 9.84 Å². The third-order valence-electron chi connectivity index (χ3n) is 3.70. The molecule has 4 nitrogen and oxygen atoms in total. The highest BCUT2D eigenvalue weighted by molar-refractivity contribution is 7.91. The molecule has 0 radical (unpaired) electrons. The Morgan fingerprint density at radius 3 is 3.00 bits per heavy atom. The molecule has 0 aliphatic carbocycles. The van der Waals surface area contributed by atoms with E-state index in [1.165, 1.54) is 5.56 Å². The molecule has 19 heavy (non-hydrogen) atoms. The van der Waals surface area contributed by atoms with E-state index in [1.54, 1.807) is 0 Å². The van der Waals surface area contributed by atoms with Crippen molar-refractivity contribution in [2.45, 2.75) is 26.2 Å². The van der Waals surface area contributed by atoms with Gasteiger partial charge in [0, 0.05) is 12.4 Å². The largest absolute Gasteiger partial charge is 0.307 e. The Bertz CT molecular complexity index is 703. The Morgan fingerprint density at radius 2 is 2.21 bits per heavy atom. The molecule has 1 aliphatic rings. The fourth-order valence-corrected chi connectivity index (χ4v) is 4.60. The van der Waals surface area contributed by atoms with Gasteiger partial charge in [-0.2, -0.15) is 0 Å². The fraction of sp³-hybridized carbons (Fsp3) is 0.500. The summed E-state index contributed by atoms with van der Waals surface area (Å²) in [6.07, 6.45) is 6.61. The highest BCUT2D eigenvalue weighted by atomic mass is 32.2. The Labute approximate surface area is 113 Å². The van der Waals surface area contributed by atoms with Crippen LogP contribution < -0.4 is 0 Å². The minimum absolute atomic E-state index is 0.227. The SMILES string of the molecule is Cc1ccc2nc(CC3CCCS(=O)(=O)C3)cn2c1. The number of aromatic nitrogens is 2. The van der Waals surface area contributed by atoms with E-state index in [0.29, 0.717) is 11.5 Å². The second-order valence-electron chi connectivity index (χ2n) is 5.53. The molecule has 2 aromatic heterocycles. The molecule has 1 unspecified atom stereocenters. The summed E-state index contributed by atoms with van der Waals surface area (Å²) in [5, 5.41) is 0. The van der Waals surface area contributed by atoms with Crippen LogP contribution in [0.1, 0.15) is 24.1 Å². The number of fused-ring (bicyclic) bond motifs is 1. The van der Waals surface area contributed by atoms with Crippen molar-refractivity contribution in [1.82, 2.24) is 9.38 Å². The molecule has 102 valence electrons. The molecule has 1 atom stereocenters. The van der Waals surface area contributed by atoms with Gasteiger partial charge in [0.25, 0.3) is 0 Å². The second-order valence-corrected chi connectivity index (χ2v) is 7.76. The van der Waals surface area contributed by atoms with Crippen LogP contribution in [-0.2, 0) is 16.3 Å². The molecule has 3 rings (SSSR count). The number of nitrogens with zero attached hydrogens (tertiary/aromatic N) is 2. The summed E-state index contributed by atoms with van der Waals surface area (Å²) in [7, 11) is -2.82. The van der Waals surface area contributed by atoms with Gasteiger partial charge in [-0.3, -0.25) is 0 Å². The fourth-order valence-electron chi connectivity index (χ4n) is 2.83. The zero-order valence-electron chi connectivity index (χ0n) is 11.0. The van der Waals surface area contributed by atoms with Crippen molar-refractivity contribution < 1.29 is 8.42 Å². The van der Waals surface area contributed by atoms with E-state index in [9.17, 15) is 8.42 Å². The van der Waals surface area contributed by atoms with Crippen LogP contribution in [0.25, 0.3) is 5.65 Å². The van der Waals surface area contributed by atoms with E-state index >= 15 is 0 Å². The highest BCUT2D eigenvalue weighted by Gasteiger charge is 2.25. The van der Waals surface area contributed by atoms with Crippen LogP contribution in [0.4, 0.5) is 0 Å². The van der Waals surface area contributed by atoms with Gasteiger partial charge in [0.2, 0.25) is 0 Å². The quantitative estimate of drug-likeness (QED) is 0.844. The normalized spacial score (nSPS) is 22.7. The third-order valence-corrected chi connectivity index (χ3v) is 5.59. The lowest BCUT2D eigenvalue weighted by Crippen LogP contribution is -2.26. The van der Waals surface area contributed by atoms with Crippen LogP contribution in [0, 0.1) is 12.8 Å². The summed E-state index contributed by atoms with van der Waals surface area (Å²) >= 11 is 0. The van der Waals surface area contributed by atoms with Gasteiger partial charge >= 0.3 is 0 Å². The average Bonchev–Trinajstić information content (AvgIpc) is 2.68. The van der Waals surface area contributed by atoms with Crippen molar-refractivity contribution in [3.05, 3.63) is 35.8 Å². The van der Waals surface area contributed by atoms with Gasteiger partial charge in [-0.15, -0.1) is 0 Å². The summed E-state index contributed by atoms with van der Waals surface area (Å²) in [6.45, 7) is 2.05. The Morgan fingerprint density at radius 1 is 1.37 bits per heavy atom. The smallest absolute Gasteiger partial charge is 0.150 e. The molecule has 1 fully saturated rings. The van der Waals surface area contributed by atoms with Gasteiger partial charge in [0.05, 0.1) is 17.2 Å². The van der Waals surface area contributed by atoms with Crippen LogP contribution in [0.5, 0.6) is 0 Å². The topological polar surface area (TPSA) is 51.4 Å². The zero-order valence-corrected chi connectivity index (χ0v) is 11.9. The maximum atomic E-state index is 11.6.